The Bertz CT molecular complexity index is 1330. The summed E-state index contributed by atoms with van der Waals surface area (Å²) in [5, 5.41) is 9.77. The quantitative estimate of drug-likeness (QED) is 0.558. The molecule has 5 rings (SSSR count). The van der Waals surface area contributed by atoms with E-state index in [9.17, 15) is 35.5 Å². The topological polar surface area (TPSA) is 60.9 Å². The van der Waals surface area contributed by atoms with Gasteiger partial charge in [0.1, 0.15) is 0 Å². The van der Waals surface area contributed by atoms with Crippen LogP contribution < -0.4 is 0 Å². The second kappa shape index (κ2) is 8.46. The highest BCUT2D eigenvalue weighted by Gasteiger charge is 2.78. The Balaban J connectivity index is 1.29. The van der Waals surface area contributed by atoms with E-state index in [-0.39, 0.29) is 5.41 Å². The molecule has 1 N–H and O–H groups in total. The monoisotopic (exact) mass is 544 g/mol. The maximum absolute atomic E-state index is 14.4. The van der Waals surface area contributed by atoms with Gasteiger partial charge in [-0.2, -0.15) is 22.0 Å². The van der Waals surface area contributed by atoms with Crippen LogP contribution in [0.5, 0.6) is 0 Å². The standard InChI is InChI=1S/C26H29F5N2O3S/c1-3-18-12-17(14-32-15-23(16-32)8-10-33(11-9-23)37(2,35)36)4-6-20(18)19-5-7-21-22(13-19)25(27,28)24(21,34)26(29,30)31/h4-7,12-13,34H,3,8-11,14-16H2,1-2H3. The summed E-state index contributed by atoms with van der Waals surface area (Å²) in [5.74, 6) is -4.42. The molecule has 0 aromatic heterocycles. The normalized spacial score (nSPS) is 25.4. The fourth-order valence-electron chi connectivity index (χ4n) is 6.12. The van der Waals surface area contributed by atoms with E-state index in [4.69, 9.17) is 0 Å². The molecule has 2 aromatic rings. The van der Waals surface area contributed by atoms with E-state index in [1.807, 2.05) is 25.1 Å². The third kappa shape index (κ3) is 4.09. The first kappa shape index (κ1) is 26.5. The van der Waals surface area contributed by atoms with Gasteiger partial charge >= 0.3 is 12.1 Å². The molecule has 0 amide bonds. The van der Waals surface area contributed by atoms with Crippen molar-refractivity contribution in [1.82, 2.24) is 9.21 Å². The van der Waals surface area contributed by atoms with Gasteiger partial charge in [-0.15, -0.1) is 0 Å². The zero-order valence-corrected chi connectivity index (χ0v) is 21.4. The predicted octanol–water partition coefficient (Wildman–Crippen LogP) is 4.63. The Morgan fingerprint density at radius 1 is 1.00 bits per heavy atom. The average Bonchev–Trinajstić information content (AvgIpc) is 2.81. The van der Waals surface area contributed by atoms with Gasteiger partial charge in [0.05, 0.1) is 6.26 Å². The maximum Gasteiger partial charge on any atom is 0.427 e. The molecule has 1 aliphatic carbocycles. The van der Waals surface area contributed by atoms with E-state index in [1.165, 1.54) is 16.6 Å². The van der Waals surface area contributed by atoms with Crippen LogP contribution >= 0.6 is 0 Å². The minimum Gasteiger partial charge on any atom is -0.371 e. The highest BCUT2D eigenvalue weighted by Crippen LogP contribution is 2.63. The summed E-state index contributed by atoms with van der Waals surface area (Å²) < 4.78 is 93.5. The number of sulfonamides is 1. The van der Waals surface area contributed by atoms with Crippen molar-refractivity contribution in [1.29, 1.82) is 0 Å². The third-order valence-corrected chi connectivity index (χ3v) is 9.55. The lowest BCUT2D eigenvalue weighted by Gasteiger charge is -2.54. The van der Waals surface area contributed by atoms with Gasteiger partial charge < -0.3 is 5.11 Å². The smallest absolute Gasteiger partial charge is 0.371 e. The van der Waals surface area contributed by atoms with Gasteiger partial charge in [0.15, 0.2) is 0 Å². The first-order valence-corrected chi connectivity index (χ1v) is 14.1. The van der Waals surface area contributed by atoms with Crippen molar-refractivity contribution < 1.29 is 35.5 Å². The number of fused-ring (bicyclic) bond motifs is 1. The summed E-state index contributed by atoms with van der Waals surface area (Å²) in [6.07, 6.45) is -1.97. The van der Waals surface area contributed by atoms with Crippen molar-refractivity contribution in [3.63, 3.8) is 0 Å². The number of piperidine rings is 1. The number of rotatable bonds is 5. The fourth-order valence-corrected chi connectivity index (χ4v) is 6.97. The Labute approximate surface area is 212 Å². The summed E-state index contributed by atoms with van der Waals surface area (Å²) >= 11 is 0. The molecular formula is C26H29F5N2O3S. The van der Waals surface area contributed by atoms with Crippen LogP contribution in [0.4, 0.5) is 22.0 Å². The van der Waals surface area contributed by atoms with Gasteiger partial charge in [-0.3, -0.25) is 4.90 Å². The number of hydrogen-bond donors (Lipinski definition) is 1. The Hall–Kier alpha value is -2.08. The number of aliphatic hydroxyl groups is 1. The van der Waals surface area contributed by atoms with E-state index in [2.05, 4.69) is 4.90 Å². The van der Waals surface area contributed by atoms with E-state index < -0.39 is 38.9 Å². The lowest BCUT2D eigenvalue weighted by atomic mass is 9.68. The van der Waals surface area contributed by atoms with E-state index in [0.29, 0.717) is 37.2 Å². The van der Waals surface area contributed by atoms with Crippen molar-refractivity contribution in [3.8, 4) is 11.1 Å². The lowest BCUT2D eigenvalue weighted by molar-refractivity contribution is -0.364. The van der Waals surface area contributed by atoms with Crippen molar-refractivity contribution in [2.75, 3.05) is 32.4 Å². The molecule has 2 saturated heterocycles. The van der Waals surface area contributed by atoms with Crippen LogP contribution in [0, 0.1) is 5.41 Å². The molecule has 2 aliphatic heterocycles. The molecule has 1 spiro atoms. The van der Waals surface area contributed by atoms with Crippen LogP contribution in [0.3, 0.4) is 0 Å². The van der Waals surface area contributed by atoms with Crippen LogP contribution in [0.1, 0.15) is 42.0 Å². The maximum atomic E-state index is 14.4. The number of alkyl halides is 5. The minimum absolute atomic E-state index is 0.143. The van der Waals surface area contributed by atoms with Crippen LogP contribution in [-0.2, 0) is 34.5 Å². The van der Waals surface area contributed by atoms with Crippen LogP contribution in [0.15, 0.2) is 36.4 Å². The molecule has 0 saturated carbocycles. The van der Waals surface area contributed by atoms with Crippen molar-refractivity contribution in [3.05, 3.63) is 58.7 Å². The molecule has 0 radical (unpaired) electrons. The Morgan fingerprint density at radius 2 is 1.65 bits per heavy atom. The van der Waals surface area contributed by atoms with Gasteiger partial charge in [-0.05, 0) is 53.0 Å². The third-order valence-electron chi connectivity index (χ3n) is 8.25. The van der Waals surface area contributed by atoms with Gasteiger partial charge in [0.25, 0.3) is 5.60 Å². The summed E-state index contributed by atoms with van der Waals surface area (Å²) in [5.41, 5.74) is -2.65. The summed E-state index contributed by atoms with van der Waals surface area (Å²) in [4.78, 5) is 2.30. The SMILES string of the molecule is CCc1cc(CN2CC3(CCN(S(C)(=O)=O)CC3)C2)ccc1-c1ccc2c(c1)C(F)(F)C2(O)C(F)(F)F. The highest BCUT2D eigenvalue weighted by atomic mass is 32.2. The molecule has 11 heteroatoms. The Morgan fingerprint density at radius 3 is 2.22 bits per heavy atom. The molecule has 202 valence electrons. The first-order chi connectivity index (χ1) is 17.1. The van der Waals surface area contributed by atoms with E-state index in [0.717, 1.165) is 49.2 Å². The second-order valence-corrected chi connectivity index (χ2v) is 12.7. The predicted molar refractivity (Wildman–Crippen MR) is 128 cm³/mol. The number of halogens is 5. The Kier molecular flexibility index (Phi) is 6.06. The summed E-state index contributed by atoms with van der Waals surface area (Å²) in [7, 11) is -3.16. The highest BCUT2D eigenvalue weighted by molar-refractivity contribution is 7.88. The van der Waals surface area contributed by atoms with Gasteiger partial charge in [-0.1, -0.05) is 37.3 Å². The van der Waals surface area contributed by atoms with Crippen LogP contribution in [0.25, 0.3) is 11.1 Å². The van der Waals surface area contributed by atoms with Crippen LogP contribution in [-0.4, -0.2) is 61.3 Å². The molecule has 37 heavy (non-hydrogen) atoms. The van der Waals surface area contributed by atoms with Crippen molar-refractivity contribution in [2.24, 2.45) is 5.41 Å². The zero-order valence-electron chi connectivity index (χ0n) is 20.6. The second-order valence-electron chi connectivity index (χ2n) is 10.7. The number of benzene rings is 2. The van der Waals surface area contributed by atoms with Crippen LogP contribution in [0.2, 0.25) is 0 Å². The van der Waals surface area contributed by atoms with Crippen molar-refractivity contribution >= 4 is 10.0 Å². The molecule has 2 fully saturated rings. The molecule has 2 heterocycles. The molecule has 2 aromatic carbocycles. The minimum atomic E-state index is -5.48. The van der Waals surface area contributed by atoms with Gasteiger partial charge in [0, 0.05) is 43.9 Å². The average molecular weight is 545 g/mol. The molecule has 3 aliphatic rings. The molecule has 1 unspecified atom stereocenters. The number of aryl methyl sites for hydroxylation is 1. The molecule has 1 atom stereocenters. The van der Waals surface area contributed by atoms with Crippen molar-refractivity contribution in [2.45, 2.75) is 50.4 Å². The van der Waals surface area contributed by atoms with Gasteiger partial charge in [-0.25, -0.2) is 12.7 Å². The van der Waals surface area contributed by atoms with Gasteiger partial charge in [0.2, 0.25) is 10.0 Å². The number of likely N-dealkylation sites (tertiary alicyclic amines) is 1. The first-order valence-electron chi connectivity index (χ1n) is 12.2. The molecule has 5 nitrogen and oxygen atoms in total. The van der Waals surface area contributed by atoms with E-state index in [1.54, 1.807) is 0 Å². The summed E-state index contributed by atoms with van der Waals surface area (Å²) in [6, 6.07) is 9.04. The lowest BCUT2D eigenvalue weighted by Crippen LogP contribution is -2.62. The summed E-state index contributed by atoms with van der Waals surface area (Å²) in [6.45, 7) is 5.48. The molecular weight excluding hydrogens is 515 g/mol. The molecule has 0 bridgehead atoms. The fraction of sp³-hybridized carbons (Fsp3) is 0.538. The number of nitrogens with zero attached hydrogens (tertiary/aromatic N) is 2. The zero-order chi connectivity index (χ0) is 27.0. The largest absolute Gasteiger partial charge is 0.427 e. The van der Waals surface area contributed by atoms with E-state index >= 15 is 0 Å². The number of hydrogen-bond acceptors (Lipinski definition) is 4.